The summed E-state index contributed by atoms with van der Waals surface area (Å²) in [5, 5.41) is 9.31. The van der Waals surface area contributed by atoms with Gasteiger partial charge in [-0.1, -0.05) is 66.7 Å². The van der Waals surface area contributed by atoms with Crippen molar-refractivity contribution in [1.82, 2.24) is 0 Å². The van der Waals surface area contributed by atoms with Crippen molar-refractivity contribution in [3.63, 3.8) is 0 Å². The lowest BCUT2D eigenvalue weighted by Gasteiger charge is -2.32. The number of benzene rings is 3. The van der Waals surface area contributed by atoms with Crippen LogP contribution >= 0.6 is 0 Å². The Bertz CT molecular complexity index is 727. The molecule has 0 aliphatic heterocycles. The van der Waals surface area contributed by atoms with Gasteiger partial charge in [-0.3, -0.25) is 0 Å². The molecule has 0 saturated heterocycles. The molecule has 0 spiro atoms. The normalized spacial score (nSPS) is 13.3. The summed E-state index contributed by atoms with van der Waals surface area (Å²) < 4.78 is 5.30. The van der Waals surface area contributed by atoms with Crippen LogP contribution in [0.15, 0.2) is 78.9 Å². The molecule has 0 aromatic heterocycles. The van der Waals surface area contributed by atoms with E-state index in [1.165, 1.54) is 16.7 Å². The summed E-state index contributed by atoms with van der Waals surface area (Å²) in [6, 6.07) is 26.9. The Kier molecular flexibility index (Phi) is 4.68. The van der Waals surface area contributed by atoms with Gasteiger partial charge >= 0.3 is 0 Å². The number of ether oxygens (including phenoxy) is 1. The van der Waals surface area contributed by atoms with E-state index in [9.17, 15) is 5.11 Å². The van der Waals surface area contributed by atoms with Crippen LogP contribution in [0.2, 0.25) is 0 Å². The second kappa shape index (κ2) is 6.90. The maximum absolute atomic E-state index is 9.31. The van der Waals surface area contributed by atoms with Crippen LogP contribution in [-0.2, 0) is 12.0 Å². The third-order valence-corrected chi connectivity index (χ3v) is 4.73. The summed E-state index contributed by atoms with van der Waals surface area (Å²) in [6.07, 6.45) is 0. The summed E-state index contributed by atoms with van der Waals surface area (Å²) >= 11 is 0. The SMILES string of the molecule is COc1ccc([C@](C)(c2ccccc2)c2ccc(CO)cc2)cc1. The Morgan fingerprint density at radius 2 is 1.25 bits per heavy atom. The summed E-state index contributed by atoms with van der Waals surface area (Å²) in [5.74, 6) is 0.852. The maximum Gasteiger partial charge on any atom is 0.118 e. The molecule has 3 rings (SSSR count). The average Bonchev–Trinajstić information content (AvgIpc) is 2.68. The van der Waals surface area contributed by atoms with Gasteiger partial charge in [0, 0.05) is 5.41 Å². The molecular weight excluding hydrogens is 296 g/mol. The van der Waals surface area contributed by atoms with Crippen LogP contribution in [0.5, 0.6) is 5.75 Å². The van der Waals surface area contributed by atoms with E-state index >= 15 is 0 Å². The number of aliphatic hydroxyl groups excluding tert-OH is 1. The van der Waals surface area contributed by atoms with Crippen molar-refractivity contribution < 1.29 is 9.84 Å². The molecule has 0 bridgehead atoms. The smallest absolute Gasteiger partial charge is 0.118 e. The molecule has 122 valence electrons. The first-order chi connectivity index (χ1) is 11.7. The molecule has 24 heavy (non-hydrogen) atoms. The highest BCUT2D eigenvalue weighted by molar-refractivity contribution is 5.50. The molecule has 0 radical (unpaired) electrons. The van der Waals surface area contributed by atoms with Crippen LogP contribution in [0.25, 0.3) is 0 Å². The number of rotatable bonds is 5. The Balaban J connectivity index is 2.16. The predicted octanol–water partition coefficient (Wildman–Crippen LogP) is 4.54. The van der Waals surface area contributed by atoms with Crippen molar-refractivity contribution in [2.75, 3.05) is 7.11 Å². The average molecular weight is 318 g/mol. The minimum absolute atomic E-state index is 0.0604. The summed E-state index contributed by atoms with van der Waals surface area (Å²) in [4.78, 5) is 0. The van der Waals surface area contributed by atoms with Gasteiger partial charge in [0.2, 0.25) is 0 Å². The minimum Gasteiger partial charge on any atom is -0.497 e. The molecule has 1 N–H and O–H groups in total. The maximum atomic E-state index is 9.31. The standard InChI is InChI=1S/C22H22O2/c1-22(18-6-4-3-5-7-18,19-10-8-17(16-23)9-11-19)20-12-14-21(24-2)15-13-20/h3-15,23H,16H2,1-2H3/t22-/m1/s1. The fourth-order valence-corrected chi connectivity index (χ4v) is 3.14. The molecule has 3 aromatic rings. The van der Waals surface area contributed by atoms with Gasteiger partial charge in [-0.2, -0.15) is 0 Å². The quantitative estimate of drug-likeness (QED) is 0.700. The van der Waals surface area contributed by atoms with E-state index < -0.39 is 0 Å². The summed E-state index contributed by atoms with van der Waals surface area (Å²) in [7, 11) is 1.68. The first-order valence-electron chi connectivity index (χ1n) is 8.09. The van der Waals surface area contributed by atoms with Crippen molar-refractivity contribution in [3.8, 4) is 5.75 Å². The van der Waals surface area contributed by atoms with Gasteiger partial charge in [-0.05, 0) is 41.3 Å². The highest BCUT2D eigenvalue weighted by atomic mass is 16.5. The minimum atomic E-state index is -0.276. The van der Waals surface area contributed by atoms with E-state index in [0.29, 0.717) is 0 Å². The third kappa shape index (κ3) is 2.93. The van der Waals surface area contributed by atoms with Crippen molar-refractivity contribution in [1.29, 1.82) is 0 Å². The van der Waals surface area contributed by atoms with Gasteiger partial charge in [-0.15, -0.1) is 0 Å². The first kappa shape index (κ1) is 16.3. The molecule has 1 atom stereocenters. The summed E-state index contributed by atoms with van der Waals surface area (Å²) in [6.45, 7) is 2.29. The molecule has 2 nitrogen and oxygen atoms in total. The van der Waals surface area contributed by atoms with E-state index in [-0.39, 0.29) is 12.0 Å². The topological polar surface area (TPSA) is 29.5 Å². The molecule has 2 heteroatoms. The lowest BCUT2D eigenvalue weighted by Crippen LogP contribution is -2.25. The zero-order valence-electron chi connectivity index (χ0n) is 14.1. The molecule has 0 saturated carbocycles. The largest absolute Gasteiger partial charge is 0.497 e. The number of aliphatic hydroxyl groups is 1. The van der Waals surface area contributed by atoms with Gasteiger partial charge in [0.25, 0.3) is 0 Å². The fourth-order valence-electron chi connectivity index (χ4n) is 3.14. The lowest BCUT2D eigenvalue weighted by molar-refractivity contribution is 0.282. The van der Waals surface area contributed by atoms with Crippen LogP contribution in [0, 0.1) is 0 Å². The molecule has 0 unspecified atom stereocenters. The highest BCUT2D eigenvalue weighted by Gasteiger charge is 2.30. The van der Waals surface area contributed by atoms with Crippen LogP contribution in [0.3, 0.4) is 0 Å². The number of hydrogen-bond donors (Lipinski definition) is 1. The first-order valence-corrected chi connectivity index (χ1v) is 8.09. The monoisotopic (exact) mass is 318 g/mol. The Labute approximate surface area is 143 Å². The van der Waals surface area contributed by atoms with Crippen molar-refractivity contribution >= 4 is 0 Å². The zero-order valence-corrected chi connectivity index (χ0v) is 14.1. The molecule has 0 aliphatic rings. The molecule has 0 amide bonds. The van der Waals surface area contributed by atoms with Gasteiger partial charge in [-0.25, -0.2) is 0 Å². The summed E-state index contributed by atoms with van der Waals surface area (Å²) in [5.41, 5.74) is 4.26. The fraction of sp³-hybridized carbons (Fsp3) is 0.182. The zero-order chi connectivity index (χ0) is 17.0. The second-order valence-electron chi connectivity index (χ2n) is 6.07. The molecule has 3 aromatic carbocycles. The van der Waals surface area contributed by atoms with Gasteiger partial charge in [0.15, 0.2) is 0 Å². The van der Waals surface area contributed by atoms with E-state index in [1.54, 1.807) is 7.11 Å². The highest BCUT2D eigenvalue weighted by Crippen LogP contribution is 2.39. The molecular formula is C22H22O2. The number of methoxy groups -OCH3 is 1. The van der Waals surface area contributed by atoms with Gasteiger partial charge < -0.3 is 9.84 Å². The van der Waals surface area contributed by atoms with Crippen LogP contribution < -0.4 is 4.74 Å². The molecule has 0 aliphatic carbocycles. The second-order valence-corrected chi connectivity index (χ2v) is 6.07. The van der Waals surface area contributed by atoms with E-state index in [0.717, 1.165) is 11.3 Å². The van der Waals surface area contributed by atoms with Crippen LogP contribution in [0.4, 0.5) is 0 Å². The van der Waals surface area contributed by atoms with Gasteiger partial charge in [0.1, 0.15) is 5.75 Å². The van der Waals surface area contributed by atoms with Crippen LogP contribution in [0.1, 0.15) is 29.2 Å². The Morgan fingerprint density at radius 1 is 0.750 bits per heavy atom. The van der Waals surface area contributed by atoms with E-state index in [4.69, 9.17) is 4.74 Å². The van der Waals surface area contributed by atoms with Gasteiger partial charge in [0.05, 0.1) is 13.7 Å². The van der Waals surface area contributed by atoms with Crippen molar-refractivity contribution in [2.45, 2.75) is 18.9 Å². The van der Waals surface area contributed by atoms with Crippen molar-refractivity contribution in [2.24, 2.45) is 0 Å². The van der Waals surface area contributed by atoms with Crippen LogP contribution in [-0.4, -0.2) is 12.2 Å². The Morgan fingerprint density at radius 3 is 1.75 bits per heavy atom. The van der Waals surface area contributed by atoms with E-state index in [1.807, 2.05) is 30.3 Å². The Hall–Kier alpha value is -2.58. The molecule has 0 heterocycles. The predicted molar refractivity (Wildman–Crippen MR) is 97.4 cm³/mol. The number of hydrogen-bond acceptors (Lipinski definition) is 2. The lowest BCUT2D eigenvalue weighted by atomic mass is 9.71. The third-order valence-electron chi connectivity index (χ3n) is 4.73. The van der Waals surface area contributed by atoms with Crippen molar-refractivity contribution in [3.05, 3.63) is 101 Å². The van der Waals surface area contributed by atoms with E-state index in [2.05, 4.69) is 55.5 Å². The molecule has 0 fully saturated rings.